The SMILES string of the molecule is Cc1nn(CC(C)C)c(C)c1CC(=O)N(C)C1CCCCC1C. The average molecular weight is 319 g/mol. The van der Waals surface area contributed by atoms with E-state index in [0.29, 0.717) is 24.3 Å². The first-order valence-electron chi connectivity index (χ1n) is 9.09. The van der Waals surface area contributed by atoms with Crippen LogP contribution in [0, 0.1) is 25.7 Å². The standard InChI is InChI=1S/C19H33N3O/c1-13(2)12-22-16(5)17(15(4)20-22)11-19(23)21(6)18-10-8-7-9-14(18)3/h13-14,18H,7-12H2,1-6H3. The molecular formula is C19H33N3O. The Morgan fingerprint density at radius 2 is 1.96 bits per heavy atom. The molecule has 1 aliphatic carbocycles. The van der Waals surface area contributed by atoms with Gasteiger partial charge in [0.25, 0.3) is 0 Å². The van der Waals surface area contributed by atoms with Crippen molar-refractivity contribution in [1.29, 1.82) is 0 Å². The van der Waals surface area contributed by atoms with Crippen LogP contribution in [0.15, 0.2) is 0 Å². The molecule has 0 aliphatic heterocycles. The number of aryl methyl sites for hydroxylation is 1. The monoisotopic (exact) mass is 319 g/mol. The number of nitrogens with zero attached hydrogens (tertiary/aromatic N) is 3. The lowest BCUT2D eigenvalue weighted by Gasteiger charge is -2.36. The number of amides is 1. The maximum Gasteiger partial charge on any atom is 0.227 e. The predicted octanol–water partition coefficient (Wildman–Crippen LogP) is 3.74. The van der Waals surface area contributed by atoms with Crippen LogP contribution >= 0.6 is 0 Å². The topological polar surface area (TPSA) is 38.1 Å². The van der Waals surface area contributed by atoms with Gasteiger partial charge in [0.15, 0.2) is 0 Å². The van der Waals surface area contributed by atoms with Gasteiger partial charge in [0.1, 0.15) is 0 Å². The second-order valence-electron chi connectivity index (χ2n) is 7.74. The summed E-state index contributed by atoms with van der Waals surface area (Å²) in [4.78, 5) is 14.8. The Kier molecular flexibility index (Phi) is 5.88. The first-order valence-corrected chi connectivity index (χ1v) is 9.09. The van der Waals surface area contributed by atoms with Crippen molar-refractivity contribution >= 4 is 5.91 Å². The predicted molar refractivity (Wildman–Crippen MR) is 94.4 cm³/mol. The molecule has 1 aliphatic rings. The fourth-order valence-corrected chi connectivity index (χ4v) is 3.85. The zero-order chi connectivity index (χ0) is 17.1. The largest absolute Gasteiger partial charge is 0.342 e. The van der Waals surface area contributed by atoms with Crippen LogP contribution in [0.4, 0.5) is 0 Å². The van der Waals surface area contributed by atoms with Crippen molar-refractivity contribution in [3.05, 3.63) is 17.0 Å². The van der Waals surface area contributed by atoms with Gasteiger partial charge in [-0.1, -0.05) is 33.6 Å². The number of hydrogen-bond acceptors (Lipinski definition) is 2. The second-order valence-corrected chi connectivity index (χ2v) is 7.74. The summed E-state index contributed by atoms with van der Waals surface area (Å²) < 4.78 is 2.06. The highest BCUT2D eigenvalue weighted by molar-refractivity contribution is 5.79. The van der Waals surface area contributed by atoms with Gasteiger partial charge in [0.05, 0.1) is 12.1 Å². The molecule has 0 N–H and O–H groups in total. The summed E-state index contributed by atoms with van der Waals surface area (Å²) in [5, 5.41) is 4.64. The minimum atomic E-state index is 0.235. The van der Waals surface area contributed by atoms with Crippen LogP contribution in [0.2, 0.25) is 0 Å². The Balaban J connectivity index is 2.09. The molecule has 0 bridgehead atoms. The number of likely N-dealkylation sites (N-methyl/N-ethyl adjacent to an activating group) is 1. The van der Waals surface area contributed by atoms with E-state index in [2.05, 4.69) is 37.5 Å². The Morgan fingerprint density at radius 3 is 2.57 bits per heavy atom. The molecule has 130 valence electrons. The van der Waals surface area contributed by atoms with Gasteiger partial charge in [-0.3, -0.25) is 9.48 Å². The number of carbonyl (C=O) groups excluding carboxylic acids is 1. The molecule has 1 aromatic heterocycles. The minimum absolute atomic E-state index is 0.235. The fraction of sp³-hybridized carbons (Fsp3) is 0.789. The summed E-state index contributed by atoms with van der Waals surface area (Å²) in [6, 6.07) is 0.405. The van der Waals surface area contributed by atoms with Gasteiger partial charge in [0, 0.05) is 30.9 Å². The Bertz CT molecular complexity index is 547. The summed E-state index contributed by atoms with van der Waals surface area (Å²) in [6.07, 6.45) is 5.42. The smallest absolute Gasteiger partial charge is 0.227 e. The number of hydrogen-bond donors (Lipinski definition) is 0. The number of aromatic nitrogens is 2. The van der Waals surface area contributed by atoms with E-state index in [1.165, 1.54) is 19.3 Å². The molecule has 0 saturated heterocycles. The Labute approximate surface area is 141 Å². The van der Waals surface area contributed by atoms with Gasteiger partial charge >= 0.3 is 0 Å². The van der Waals surface area contributed by atoms with E-state index < -0.39 is 0 Å². The molecule has 1 heterocycles. The molecule has 2 unspecified atom stereocenters. The molecule has 1 saturated carbocycles. The van der Waals surface area contributed by atoms with Crippen molar-refractivity contribution in [2.75, 3.05) is 7.05 Å². The van der Waals surface area contributed by atoms with Crippen molar-refractivity contribution in [2.45, 2.75) is 79.3 Å². The van der Waals surface area contributed by atoms with Crippen LogP contribution in [0.5, 0.6) is 0 Å². The third kappa shape index (κ3) is 4.15. The molecule has 2 rings (SSSR count). The summed E-state index contributed by atoms with van der Waals surface area (Å²) >= 11 is 0. The minimum Gasteiger partial charge on any atom is -0.342 e. The highest BCUT2D eigenvalue weighted by Crippen LogP contribution is 2.28. The second kappa shape index (κ2) is 7.50. The summed E-state index contributed by atoms with van der Waals surface area (Å²) in [5.74, 6) is 1.41. The van der Waals surface area contributed by atoms with Crippen molar-refractivity contribution in [1.82, 2.24) is 14.7 Å². The molecule has 0 aromatic carbocycles. The van der Waals surface area contributed by atoms with E-state index in [4.69, 9.17) is 0 Å². The van der Waals surface area contributed by atoms with Crippen molar-refractivity contribution in [3.8, 4) is 0 Å². The van der Waals surface area contributed by atoms with E-state index in [9.17, 15) is 4.79 Å². The van der Waals surface area contributed by atoms with E-state index >= 15 is 0 Å². The summed E-state index contributed by atoms with van der Waals surface area (Å²) in [5.41, 5.74) is 3.27. The molecule has 4 heteroatoms. The quantitative estimate of drug-likeness (QED) is 0.829. The summed E-state index contributed by atoms with van der Waals surface area (Å²) in [6.45, 7) is 11.7. The fourth-order valence-electron chi connectivity index (χ4n) is 3.85. The average Bonchev–Trinajstić information content (AvgIpc) is 2.74. The molecular weight excluding hydrogens is 286 g/mol. The lowest BCUT2D eigenvalue weighted by Crippen LogP contribution is -2.43. The van der Waals surface area contributed by atoms with E-state index in [0.717, 1.165) is 29.9 Å². The van der Waals surface area contributed by atoms with Gasteiger partial charge < -0.3 is 4.90 Å². The number of rotatable bonds is 5. The molecule has 1 amide bonds. The maximum absolute atomic E-state index is 12.8. The van der Waals surface area contributed by atoms with Crippen molar-refractivity contribution in [2.24, 2.45) is 11.8 Å². The Morgan fingerprint density at radius 1 is 1.30 bits per heavy atom. The van der Waals surface area contributed by atoms with E-state index in [-0.39, 0.29) is 5.91 Å². The molecule has 1 aromatic rings. The van der Waals surface area contributed by atoms with Crippen LogP contribution in [0.3, 0.4) is 0 Å². The first kappa shape index (κ1) is 18.0. The molecule has 2 atom stereocenters. The maximum atomic E-state index is 12.8. The van der Waals surface area contributed by atoms with Gasteiger partial charge in [-0.15, -0.1) is 0 Å². The van der Waals surface area contributed by atoms with Gasteiger partial charge in [0.2, 0.25) is 5.91 Å². The third-order valence-electron chi connectivity index (χ3n) is 5.35. The van der Waals surface area contributed by atoms with E-state index in [1.54, 1.807) is 0 Å². The van der Waals surface area contributed by atoms with Gasteiger partial charge in [-0.25, -0.2) is 0 Å². The highest BCUT2D eigenvalue weighted by Gasteiger charge is 2.28. The molecule has 4 nitrogen and oxygen atoms in total. The molecule has 0 spiro atoms. The molecule has 0 radical (unpaired) electrons. The highest BCUT2D eigenvalue weighted by atomic mass is 16.2. The van der Waals surface area contributed by atoms with Crippen LogP contribution in [0.1, 0.15) is 63.4 Å². The number of carbonyl (C=O) groups is 1. The van der Waals surface area contributed by atoms with Crippen LogP contribution in [0.25, 0.3) is 0 Å². The van der Waals surface area contributed by atoms with Gasteiger partial charge in [-0.2, -0.15) is 5.10 Å². The molecule has 23 heavy (non-hydrogen) atoms. The van der Waals surface area contributed by atoms with Crippen LogP contribution in [-0.2, 0) is 17.8 Å². The summed E-state index contributed by atoms with van der Waals surface area (Å²) in [7, 11) is 1.98. The zero-order valence-electron chi connectivity index (χ0n) is 15.7. The third-order valence-corrected chi connectivity index (χ3v) is 5.35. The van der Waals surface area contributed by atoms with Crippen molar-refractivity contribution < 1.29 is 4.79 Å². The zero-order valence-corrected chi connectivity index (χ0v) is 15.7. The van der Waals surface area contributed by atoms with Crippen LogP contribution in [-0.4, -0.2) is 33.7 Å². The van der Waals surface area contributed by atoms with Gasteiger partial charge in [-0.05, 0) is 38.5 Å². The van der Waals surface area contributed by atoms with Crippen LogP contribution < -0.4 is 0 Å². The normalized spacial score (nSPS) is 21.7. The van der Waals surface area contributed by atoms with Crippen molar-refractivity contribution in [3.63, 3.8) is 0 Å². The van der Waals surface area contributed by atoms with E-state index in [1.807, 2.05) is 18.9 Å². The Hall–Kier alpha value is -1.32. The first-order chi connectivity index (χ1) is 10.8. The molecule has 1 fully saturated rings. The lowest BCUT2D eigenvalue weighted by atomic mass is 9.85. The lowest BCUT2D eigenvalue weighted by molar-refractivity contribution is -0.132.